The molecule has 0 saturated carbocycles. The van der Waals surface area contributed by atoms with Gasteiger partial charge in [-0.25, -0.2) is 0 Å². The van der Waals surface area contributed by atoms with Crippen LogP contribution in [0.2, 0.25) is 5.02 Å². The summed E-state index contributed by atoms with van der Waals surface area (Å²) < 4.78 is 0.730. The van der Waals surface area contributed by atoms with Crippen LogP contribution in [0.3, 0.4) is 0 Å². The topological polar surface area (TPSA) is 49.9 Å². The fourth-order valence-electron chi connectivity index (χ4n) is 2.79. The molecule has 0 aliphatic heterocycles. The van der Waals surface area contributed by atoms with Crippen molar-refractivity contribution in [3.05, 3.63) is 66.7 Å². The van der Waals surface area contributed by atoms with Gasteiger partial charge in [-0.2, -0.15) is 0 Å². The van der Waals surface area contributed by atoms with E-state index in [4.69, 9.17) is 11.6 Å². The Kier molecular flexibility index (Phi) is 5.93. The van der Waals surface area contributed by atoms with Gasteiger partial charge in [-0.15, -0.1) is 21.0 Å². The average Bonchev–Trinajstić information content (AvgIpc) is 2.57. The third-order valence-electron chi connectivity index (χ3n) is 4.18. The molecule has 1 atom stereocenters. The first-order valence-electron chi connectivity index (χ1n) is 7.83. The van der Waals surface area contributed by atoms with Crippen LogP contribution in [0.25, 0.3) is 10.9 Å². The summed E-state index contributed by atoms with van der Waals surface area (Å²) in [5.74, 6) is 0.369. The van der Waals surface area contributed by atoms with E-state index in [1.807, 2.05) is 12.1 Å². The lowest BCUT2D eigenvalue weighted by Crippen LogP contribution is -2.17. The molecule has 3 rings (SSSR count). The molecule has 26 heavy (non-hydrogen) atoms. The summed E-state index contributed by atoms with van der Waals surface area (Å²) in [6, 6.07) is 9.51. The molecule has 0 saturated heterocycles. The molecule has 2 aromatic carbocycles. The van der Waals surface area contributed by atoms with E-state index in [-0.39, 0.29) is 16.8 Å². The summed E-state index contributed by atoms with van der Waals surface area (Å²) >= 11 is 11.1. The van der Waals surface area contributed by atoms with Crippen LogP contribution in [0.4, 0.5) is 0 Å². The predicted octanol–water partition coefficient (Wildman–Crippen LogP) is 5.25. The lowest BCUT2D eigenvalue weighted by Gasteiger charge is -2.13. The van der Waals surface area contributed by atoms with Crippen LogP contribution < -0.4 is 10.7 Å². The first kappa shape index (κ1) is 19.6. The number of nitrogens with one attached hydrogen (secondary N) is 1. The van der Waals surface area contributed by atoms with Gasteiger partial charge < -0.3 is 4.98 Å². The zero-order valence-electron chi connectivity index (χ0n) is 14.2. The largest absolute Gasteiger partial charge is 0.348 e. The van der Waals surface area contributed by atoms with Gasteiger partial charge >= 0.3 is 0 Å². The molecular formula is C19H16BrClNO2PS. The van der Waals surface area contributed by atoms with E-state index in [1.54, 1.807) is 12.1 Å². The van der Waals surface area contributed by atoms with Crippen molar-refractivity contribution in [2.24, 2.45) is 0 Å². The minimum Gasteiger partial charge on any atom is -0.348 e. The first-order chi connectivity index (χ1) is 12.3. The number of carbonyl (C=O) groups is 1. The molecule has 0 aliphatic carbocycles. The number of hydrogen-bond donors (Lipinski definition) is 1. The molecule has 134 valence electrons. The van der Waals surface area contributed by atoms with Crippen LogP contribution in [-0.2, 0) is 5.75 Å². The van der Waals surface area contributed by atoms with Crippen molar-refractivity contribution in [1.29, 1.82) is 0 Å². The number of ketones is 1. The maximum absolute atomic E-state index is 12.9. The van der Waals surface area contributed by atoms with E-state index in [0.717, 1.165) is 9.78 Å². The van der Waals surface area contributed by atoms with E-state index in [9.17, 15) is 9.59 Å². The van der Waals surface area contributed by atoms with E-state index in [0.29, 0.717) is 26.7 Å². The number of aryl methyl sites for hydroxylation is 1. The molecular weight excluding hydrogens is 453 g/mol. The van der Waals surface area contributed by atoms with E-state index in [2.05, 4.69) is 43.1 Å². The Hall–Kier alpha value is -1.13. The average molecular weight is 469 g/mol. The molecule has 0 fully saturated rings. The van der Waals surface area contributed by atoms with Gasteiger partial charge in [0.15, 0.2) is 5.78 Å². The standard InChI is InChI=1S/C19H16BrClNO2PS/c1-9-4-3-5-14(25)11(9)8-26-19-15(10(2)23)18(24)16-13(21)7-6-12(20)17(16)22-19/h3-7H,8,25H2,1-2H3,(H,22,24). The highest BCUT2D eigenvalue weighted by Crippen LogP contribution is 2.31. The maximum Gasteiger partial charge on any atom is 0.202 e. The highest BCUT2D eigenvalue weighted by molar-refractivity contribution is 9.10. The fourth-order valence-corrected chi connectivity index (χ4v) is 5.29. The third kappa shape index (κ3) is 3.63. The molecule has 0 amide bonds. The van der Waals surface area contributed by atoms with E-state index >= 15 is 0 Å². The molecule has 0 spiro atoms. The van der Waals surface area contributed by atoms with Crippen molar-refractivity contribution in [1.82, 2.24) is 4.98 Å². The van der Waals surface area contributed by atoms with Crippen molar-refractivity contribution in [3.63, 3.8) is 0 Å². The van der Waals surface area contributed by atoms with Gasteiger partial charge in [0.2, 0.25) is 5.43 Å². The number of pyridine rings is 1. The van der Waals surface area contributed by atoms with Crippen molar-refractivity contribution < 1.29 is 4.79 Å². The molecule has 0 aliphatic rings. The normalized spacial score (nSPS) is 11.1. The van der Waals surface area contributed by atoms with E-state index < -0.39 is 0 Å². The number of thioether (sulfide) groups is 1. The molecule has 1 unspecified atom stereocenters. The number of rotatable bonds is 4. The van der Waals surface area contributed by atoms with Crippen molar-refractivity contribution in [3.8, 4) is 0 Å². The maximum atomic E-state index is 12.9. The van der Waals surface area contributed by atoms with Crippen LogP contribution in [0, 0.1) is 6.92 Å². The minimum absolute atomic E-state index is 0.154. The molecule has 0 bridgehead atoms. The third-order valence-corrected chi connectivity index (χ3v) is 6.73. The van der Waals surface area contributed by atoms with Crippen molar-refractivity contribution >= 4 is 70.5 Å². The van der Waals surface area contributed by atoms with Gasteiger partial charge in [0.1, 0.15) is 0 Å². The summed E-state index contributed by atoms with van der Waals surface area (Å²) in [7, 11) is 2.73. The number of H-pyrrole nitrogens is 1. The van der Waals surface area contributed by atoms with Gasteiger partial charge in [0.05, 0.1) is 26.5 Å². The summed E-state index contributed by atoms with van der Waals surface area (Å²) in [6.45, 7) is 3.45. The second kappa shape index (κ2) is 7.85. The molecule has 1 N–H and O–H groups in total. The fraction of sp³-hybridized carbons (Fsp3) is 0.158. The van der Waals surface area contributed by atoms with Crippen LogP contribution in [0.1, 0.15) is 28.4 Å². The number of aromatic nitrogens is 1. The zero-order chi connectivity index (χ0) is 19.0. The second-order valence-corrected chi connectivity index (χ2v) is 8.79. The highest BCUT2D eigenvalue weighted by atomic mass is 79.9. The summed E-state index contributed by atoms with van der Waals surface area (Å²) in [4.78, 5) is 28.4. The highest BCUT2D eigenvalue weighted by Gasteiger charge is 2.19. The van der Waals surface area contributed by atoms with Gasteiger partial charge in [-0.1, -0.05) is 29.8 Å². The SMILES string of the molecule is CC(=O)c1c(SCc2c(C)cccc2P)[nH]c2c(Br)ccc(Cl)c2c1=O. The molecule has 7 heteroatoms. The van der Waals surface area contributed by atoms with E-state index in [1.165, 1.54) is 29.8 Å². The number of Topliss-reactive ketones (excluding diaryl/α,β-unsaturated/α-hetero) is 1. The van der Waals surface area contributed by atoms with Crippen LogP contribution in [-0.4, -0.2) is 10.8 Å². The summed E-state index contributed by atoms with van der Waals surface area (Å²) in [6.07, 6.45) is 0. The zero-order valence-corrected chi connectivity index (χ0v) is 18.5. The molecule has 1 aromatic heterocycles. The predicted molar refractivity (Wildman–Crippen MR) is 117 cm³/mol. The van der Waals surface area contributed by atoms with Crippen molar-refractivity contribution in [2.75, 3.05) is 0 Å². The molecule has 3 aromatic rings. The van der Waals surface area contributed by atoms with Gasteiger partial charge in [-0.3, -0.25) is 9.59 Å². The Bertz CT molecular complexity index is 1080. The lowest BCUT2D eigenvalue weighted by molar-refractivity contribution is 0.101. The summed E-state index contributed by atoms with van der Waals surface area (Å²) in [5, 5.41) is 2.33. The van der Waals surface area contributed by atoms with Gasteiger partial charge in [0, 0.05) is 10.2 Å². The number of aromatic amines is 1. The quantitative estimate of drug-likeness (QED) is 0.323. The smallest absolute Gasteiger partial charge is 0.202 e. The minimum atomic E-state index is -0.337. The Morgan fingerprint density at radius 2 is 2.04 bits per heavy atom. The first-order valence-corrected chi connectivity index (χ1v) is 10.6. The molecule has 3 nitrogen and oxygen atoms in total. The van der Waals surface area contributed by atoms with Crippen molar-refractivity contribution in [2.45, 2.75) is 24.6 Å². The molecule has 1 heterocycles. The van der Waals surface area contributed by atoms with Gasteiger partial charge in [0.25, 0.3) is 0 Å². The second-order valence-electron chi connectivity index (χ2n) is 5.93. The van der Waals surface area contributed by atoms with Crippen LogP contribution in [0.15, 0.2) is 44.6 Å². The number of benzene rings is 2. The Morgan fingerprint density at radius 3 is 2.69 bits per heavy atom. The number of fused-ring (bicyclic) bond motifs is 1. The lowest BCUT2D eigenvalue weighted by atomic mass is 10.1. The number of hydrogen-bond acceptors (Lipinski definition) is 3. The summed E-state index contributed by atoms with van der Waals surface area (Å²) in [5.41, 5.74) is 2.76. The molecule has 0 radical (unpaired) electrons. The van der Waals surface area contributed by atoms with Crippen LogP contribution in [0.5, 0.6) is 0 Å². The Balaban J connectivity index is 2.16. The van der Waals surface area contributed by atoms with Gasteiger partial charge in [-0.05, 0) is 58.3 Å². The number of carbonyl (C=O) groups excluding carboxylic acids is 1. The monoisotopic (exact) mass is 467 g/mol. The Labute approximate surface area is 171 Å². The van der Waals surface area contributed by atoms with Crippen LogP contribution >= 0.6 is 48.5 Å². The number of halogens is 2. The Morgan fingerprint density at radius 1 is 1.31 bits per heavy atom.